The number of carbonyl (C=O) groups is 1. The van der Waals surface area contributed by atoms with Crippen molar-refractivity contribution >= 4 is 5.97 Å². The number of aliphatic hydroxyl groups excluding tert-OH is 1. The van der Waals surface area contributed by atoms with Crippen LogP contribution in [0.25, 0.3) is 0 Å². The number of esters is 1. The van der Waals surface area contributed by atoms with E-state index in [0.29, 0.717) is 12.2 Å². The van der Waals surface area contributed by atoms with Gasteiger partial charge in [0, 0.05) is 18.3 Å². The van der Waals surface area contributed by atoms with Gasteiger partial charge in [-0.25, -0.2) is 4.79 Å². The molecule has 0 spiro atoms. The molecule has 0 amide bonds. The lowest BCUT2D eigenvalue weighted by Gasteiger charge is -2.28. The summed E-state index contributed by atoms with van der Waals surface area (Å²) >= 11 is 0. The van der Waals surface area contributed by atoms with Crippen molar-refractivity contribution < 1.29 is 14.6 Å². The minimum atomic E-state index is -0.362. The Balaban J connectivity index is 1.86. The molecule has 0 saturated heterocycles. The van der Waals surface area contributed by atoms with Gasteiger partial charge in [-0.05, 0) is 25.0 Å². The number of ether oxygens (including phenoxy) is 1. The van der Waals surface area contributed by atoms with Crippen LogP contribution in [0.2, 0.25) is 0 Å². The molecule has 2 rings (SSSR count). The Kier molecular flexibility index (Phi) is 4.38. The van der Waals surface area contributed by atoms with E-state index in [4.69, 9.17) is 0 Å². The van der Waals surface area contributed by atoms with Gasteiger partial charge in [0.05, 0.1) is 13.2 Å². The number of hydrogen-bond donors (Lipinski definition) is 3. The average Bonchev–Trinajstić information content (AvgIpc) is 2.86. The standard InChI is InChI=1S/C13H20N2O3/c1-18-13(17)11-7-6-9(15-11)8-14-10-4-2-3-5-12(10)16/h6-7,10,12,14-16H,2-5,8H2,1H3. The van der Waals surface area contributed by atoms with Crippen molar-refractivity contribution in [1.29, 1.82) is 0 Å². The molecule has 1 aromatic heterocycles. The molecule has 5 nitrogen and oxygen atoms in total. The summed E-state index contributed by atoms with van der Waals surface area (Å²) in [5.41, 5.74) is 1.38. The van der Waals surface area contributed by atoms with E-state index in [9.17, 15) is 9.90 Å². The summed E-state index contributed by atoms with van der Waals surface area (Å²) in [5.74, 6) is -0.362. The van der Waals surface area contributed by atoms with Gasteiger partial charge in [-0.1, -0.05) is 12.8 Å². The lowest BCUT2D eigenvalue weighted by Crippen LogP contribution is -2.41. The third-order valence-electron chi connectivity index (χ3n) is 3.44. The highest BCUT2D eigenvalue weighted by Crippen LogP contribution is 2.18. The minimum absolute atomic E-state index is 0.156. The summed E-state index contributed by atoms with van der Waals surface area (Å²) in [6.07, 6.45) is 3.89. The van der Waals surface area contributed by atoms with Crippen LogP contribution in [0.15, 0.2) is 12.1 Å². The van der Waals surface area contributed by atoms with Crippen LogP contribution in [-0.4, -0.2) is 35.3 Å². The molecule has 0 radical (unpaired) electrons. The van der Waals surface area contributed by atoms with Crippen LogP contribution in [-0.2, 0) is 11.3 Å². The molecular formula is C13H20N2O3. The van der Waals surface area contributed by atoms with E-state index < -0.39 is 0 Å². The van der Waals surface area contributed by atoms with E-state index in [1.165, 1.54) is 7.11 Å². The first kappa shape index (κ1) is 13.1. The Bertz CT molecular complexity index is 403. The fraction of sp³-hybridized carbons (Fsp3) is 0.615. The van der Waals surface area contributed by atoms with E-state index in [2.05, 4.69) is 15.0 Å². The van der Waals surface area contributed by atoms with Crippen LogP contribution in [0, 0.1) is 0 Å². The molecule has 1 aromatic rings. The first-order valence-electron chi connectivity index (χ1n) is 6.38. The molecule has 0 aliphatic heterocycles. The number of hydrogen-bond acceptors (Lipinski definition) is 4. The maximum atomic E-state index is 11.3. The number of carbonyl (C=O) groups excluding carboxylic acids is 1. The maximum absolute atomic E-state index is 11.3. The summed E-state index contributed by atoms with van der Waals surface area (Å²) in [6, 6.07) is 3.72. The van der Waals surface area contributed by atoms with Gasteiger partial charge in [0.1, 0.15) is 5.69 Å². The van der Waals surface area contributed by atoms with E-state index in [1.807, 2.05) is 6.07 Å². The number of nitrogens with one attached hydrogen (secondary N) is 2. The fourth-order valence-corrected chi connectivity index (χ4v) is 2.36. The Morgan fingerprint density at radius 2 is 2.28 bits per heavy atom. The van der Waals surface area contributed by atoms with Gasteiger partial charge in [-0.3, -0.25) is 0 Å². The highest BCUT2D eigenvalue weighted by molar-refractivity contribution is 5.87. The number of methoxy groups -OCH3 is 1. The third kappa shape index (κ3) is 3.11. The molecule has 5 heteroatoms. The minimum Gasteiger partial charge on any atom is -0.464 e. The monoisotopic (exact) mass is 252 g/mol. The summed E-state index contributed by atoms with van der Waals surface area (Å²) in [4.78, 5) is 14.3. The quantitative estimate of drug-likeness (QED) is 0.704. The molecule has 2 unspecified atom stereocenters. The molecular weight excluding hydrogens is 232 g/mol. The predicted octanol–water partition coefficient (Wildman–Crippen LogP) is 1.19. The Morgan fingerprint density at radius 3 is 3.00 bits per heavy atom. The molecule has 0 bridgehead atoms. The largest absolute Gasteiger partial charge is 0.464 e. The molecule has 3 N–H and O–H groups in total. The lowest BCUT2D eigenvalue weighted by molar-refractivity contribution is 0.0594. The second-order valence-corrected chi connectivity index (χ2v) is 4.73. The predicted molar refractivity (Wildman–Crippen MR) is 67.2 cm³/mol. The molecule has 1 aliphatic carbocycles. The maximum Gasteiger partial charge on any atom is 0.354 e. The first-order chi connectivity index (χ1) is 8.70. The van der Waals surface area contributed by atoms with Gasteiger partial charge in [-0.2, -0.15) is 0 Å². The summed E-state index contributed by atoms with van der Waals surface area (Å²) in [6.45, 7) is 0.624. The topological polar surface area (TPSA) is 74.3 Å². The fourth-order valence-electron chi connectivity index (χ4n) is 2.36. The average molecular weight is 252 g/mol. The van der Waals surface area contributed by atoms with Crippen LogP contribution in [0.4, 0.5) is 0 Å². The summed E-state index contributed by atoms with van der Waals surface area (Å²) in [7, 11) is 1.36. The van der Waals surface area contributed by atoms with Crippen molar-refractivity contribution in [2.45, 2.75) is 44.4 Å². The van der Waals surface area contributed by atoms with Gasteiger partial charge in [0.15, 0.2) is 0 Å². The summed E-state index contributed by atoms with van der Waals surface area (Å²) in [5, 5.41) is 13.2. The normalized spacial score (nSPS) is 23.9. The van der Waals surface area contributed by atoms with Gasteiger partial charge in [0.25, 0.3) is 0 Å². The number of rotatable bonds is 4. The highest BCUT2D eigenvalue weighted by Gasteiger charge is 2.22. The number of aromatic amines is 1. The molecule has 0 aromatic carbocycles. The smallest absolute Gasteiger partial charge is 0.354 e. The third-order valence-corrected chi connectivity index (χ3v) is 3.44. The van der Waals surface area contributed by atoms with Crippen molar-refractivity contribution in [3.8, 4) is 0 Å². The van der Waals surface area contributed by atoms with Crippen LogP contribution in [0.5, 0.6) is 0 Å². The summed E-state index contributed by atoms with van der Waals surface area (Å²) < 4.78 is 4.63. The molecule has 1 aliphatic rings. The zero-order valence-electron chi connectivity index (χ0n) is 10.6. The highest BCUT2D eigenvalue weighted by atomic mass is 16.5. The zero-order valence-corrected chi connectivity index (χ0v) is 10.6. The number of H-pyrrole nitrogens is 1. The Labute approximate surface area is 107 Å². The van der Waals surface area contributed by atoms with Gasteiger partial charge in [0.2, 0.25) is 0 Å². The van der Waals surface area contributed by atoms with Crippen molar-refractivity contribution in [1.82, 2.24) is 10.3 Å². The van der Waals surface area contributed by atoms with Crippen LogP contribution >= 0.6 is 0 Å². The molecule has 100 valence electrons. The van der Waals surface area contributed by atoms with Crippen LogP contribution in [0.1, 0.15) is 41.9 Å². The lowest BCUT2D eigenvalue weighted by atomic mass is 9.92. The van der Waals surface area contributed by atoms with Crippen LogP contribution in [0.3, 0.4) is 0 Å². The SMILES string of the molecule is COC(=O)c1ccc(CNC2CCCCC2O)[nH]1. The molecule has 1 heterocycles. The molecule has 18 heavy (non-hydrogen) atoms. The van der Waals surface area contributed by atoms with Crippen molar-refractivity contribution in [2.24, 2.45) is 0 Å². The molecule has 1 saturated carbocycles. The van der Waals surface area contributed by atoms with Gasteiger partial charge >= 0.3 is 5.97 Å². The zero-order chi connectivity index (χ0) is 13.0. The van der Waals surface area contributed by atoms with Gasteiger partial charge in [-0.15, -0.1) is 0 Å². The van der Waals surface area contributed by atoms with E-state index in [-0.39, 0.29) is 18.1 Å². The Hall–Kier alpha value is -1.33. The van der Waals surface area contributed by atoms with E-state index >= 15 is 0 Å². The van der Waals surface area contributed by atoms with Crippen LogP contribution < -0.4 is 5.32 Å². The van der Waals surface area contributed by atoms with E-state index in [0.717, 1.165) is 31.4 Å². The second-order valence-electron chi connectivity index (χ2n) is 4.73. The van der Waals surface area contributed by atoms with E-state index in [1.54, 1.807) is 6.07 Å². The number of aromatic nitrogens is 1. The molecule has 1 fully saturated rings. The second kappa shape index (κ2) is 6.02. The first-order valence-corrected chi connectivity index (χ1v) is 6.38. The van der Waals surface area contributed by atoms with Gasteiger partial charge < -0.3 is 20.1 Å². The number of aliphatic hydroxyl groups is 1. The van der Waals surface area contributed by atoms with Crippen molar-refractivity contribution in [2.75, 3.05) is 7.11 Å². The Morgan fingerprint density at radius 1 is 1.50 bits per heavy atom. The molecule has 2 atom stereocenters. The van der Waals surface area contributed by atoms with Crippen molar-refractivity contribution in [3.63, 3.8) is 0 Å². The van der Waals surface area contributed by atoms with Crippen molar-refractivity contribution in [3.05, 3.63) is 23.5 Å².